The number of aromatic amines is 1. The van der Waals surface area contributed by atoms with E-state index in [9.17, 15) is 8.42 Å². The molecule has 0 aliphatic heterocycles. The van der Waals surface area contributed by atoms with Crippen LogP contribution < -0.4 is 4.72 Å². The van der Waals surface area contributed by atoms with Crippen LogP contribution in [0.25, 0.3) is 21.8 Å². The van der Waals surface area contributed by atoms with Gasteiger partial charge in [0.1, 0.15) is 4.90 Å². The first-order chi connectivity index (χ1) is 11.5. The highest BCUT2D eigenvalue weighted by Crippen LogP contribution is 2.27. The van der Waals surface area contributed by atoms with E-state index >= 15 is 0 Å². The Kier molecular flexibility index (Phi) is 3.24. The second-order valence-electron chi connectivity index (χ2n) is 5.59. The Hall–Kier alpha value is -2.93. The molecule has 120 valence electrons. The summed E-state index contributed by atoms with van der Waals surface area (Å²) in [5.74, 6) is 0. The molecule has 0 unspecified atom stereocenters. The lowest BCUT2D eigenvalue weighted by molar-refractivity contribution is 0.602. The molecule has 4 aromatic rings. The standard InChI is InChI=1S/C17H14N4O2S/c1-11-8-12-4-3-7-15(17(12)18-9-11)24(22,23)21-14-6-2-5-13-10-19-20-16(13)14/h2-10,21H,1H3,(H,19,20). The molecule has 0 saturated heterocycles. The van der Waals surface area contributed by atoms with Crippen molar-refractivity contribution >= 4 is 37.5 Å². The van der Waals surface area contributed by atoms with Crippen LogP contribution in [0.2, 0.25) is 0 Å². The average Bonchev–Trinajstić information content (AvgIpc) is 3.03. The van der Waals surface area contributed by atoms with E-state index in [4.69, 9.17) is 0 Å². The van der Waals surface area contributed by atoms with Gasteiger partial charge in [-0.25, -0.2) is 8.42 Å². The van der Waals surface area contributed by atoms with Crippen LogP contribution in [0.4, 0.5) is 5.69 Å². The highest BCUT2D eigenvalue weighted by Gasteiger charge is 2.19. The number of H-pyrrole nitrogens is 1. The Labute approximate surface area is 138 Å². The van der Waals surface area contributed by atoms with Crippen LogP contribution in [-0.2, 0) is 10.0 Å². The number of pyridine rings is 1. The summed E-state index contributed by atoms with van der Waals surface area (Å²) in [7, 11) is -3.78. The quantitative estimate of drug-likeness (QED) is 0.600. The summed E-state index contributed by atoms with van der Waals surface area (Å²) in [5.41, 5.74) is 2.53. The molecule has 0 amide bonds. The van der Waals surface area contributed by atoms with Crippen molar-refractivity contribution in [3.05, 3.63) is 60.4 Å². The SMILES string of the molecule is Cc1cnc2c(S(=O)(=O)Nc3cccc4cn[nH]c34)cccc2c1. The molecule has 2 aromatic heterocycles. The summed E-state index contributed by atoms with van der Waals surface area (Å²) in [5, 5.41) is 8.39. The second-order valence-corrected chi connectivity index (χ2v) is 7.24. The monoisotopic (exact) mass is 338 g/mol. The first-order valence-corrected chi connectivity index (χ1v) is 8.83. The molecule has 0 aliphatic rings. The number of benzene rings is 2. The van der Waals surface area contributed by atoms with Gasteiger partial charge in [-0.05, 0) is 30.7 Å². The lowest BCUT2D eigenvalue weighted by Crippen LogP contribution is -2.14. The number of para-hydroxylation sites is 2. The van der Waals surface area contributed by atoms with Crippen molar-refractivity contribution in [2.75, 3.05) is 4.72 Å². The van der Waals surface area contributed by atoms with Gasteiger partial charge in [0.2, 0.25) is 0 Å². The topological polar surface area (TPSA) is 87.7 Å². The Morgan fingerprint density at radius 3 is 2.71 bits per heavy atom. The molecule has 0 radical (unpaired) electrons. The Morgan fingerprint density at radius 1 is 1.04 bits per heavy atom. The molecule has 0 spiro atoms. The summed E-state index contributed by atoms with van der Waals surface area (Å²) in [6.07, 6.45) is 3.31. The number of fused-ring (bicyclic) bond motifs is 2. The molecule has 2 aromatic carbocycles. The molecule has 0 fully saturated rings. The number of hydrogen-bond donors (Lipinski definition) is 2. The maximum absolute atomic E-state index is 12.9. The minimum absolute atomic E-state index is 0.150. The first kappa shape index (κ1) is 14.6. The van der Waals surface area contributed by atoms with E-state index in [1.807, 2.05) is 25.1 Å². The molecule has 7 heteroatoms. The normalized spacial score (nSPS) is 11.9. The van der Waals surface area contributed by atoms with Crippen LogP contribution in [0.5, 0.6) is 0 Å². The lowest BCUT2D eigenvalue weighted by Gasteiger charge is -2.11. The molecule has 0 bridgehead atoms. The van der Waals surface area contributed by atoms with Crippen molar-refractivity contribution in [3.8, 4) is 0 Å². The predicted octanol–water partition coefficient (Wildman–Crippen LogP) is 3.22. The van der Waals surface area contributed by atoms with Gasteiger partial charge in [0, 0.05) is 17.0 Å². The Balaban J connectivity index is 1.85. The van der Waals surface area contributed by atoms with Gasteiger partial charge < -0.3 is 0 Å². The highest BCUT2D eigenvalue weighted by atomic mass is 32.2. The molecule has 24 heavy (non-hydrogen) atoms. The fraction of sp³-hybridized carbons (Fsp3) is 0.0588. The fourth-order valence-electron chi connectivity index (χ4n) is 2.71. The van der Waals surface area contributed by atoms with E-state index in [-0.39, 0.29) is 4.90 Å². The van der Waals surface area contributed by atoms with Crippen molar-refractivity contribution in [2.45, 2.75) is 11.8 Å². The Morgan fingerprint density at radius 2 is 1.83 bits per heavy atom. The zero-order valence-electron chi connectivity index (χ0n) is 12.8. The number of anilines is 1. The van der Waals surface area contributed by atoms with Crippen LogP contribution in [0.3, 0.4) is 0 Å². The van der Waals surface area contributed by atoms with E-state index in [0.717, 1.165) is 16.3 Å². The summed E-state index contributed by atoms with van der Waals surface area (Å²) in [4.78, 5) is 4.45. The zero-order chi connectivity index (χ0) is 16.7. The average molecular weight is 338 g/mol. The van der Waals surface area contributed by atoms with Gasteiger partial charge in [-0.1, -0.05) is 24.3 Å². The molecule has 0 aliphatic carbocycles. The third kappa shape index (κ3) is 2.39. The van der Waals surface area contributed by atoms with E-state index in [2.05, 4.69) is 19.9 Å². The summed E-state index contributed by atoms with van der Waals surface area (Å²) in [6.45, 7) is 1.92. The van der Waals surface area contributed by atoms with Crippen LogP contribution in [0.1, 0.15) is 5.56 Å². The van der Waals surface area contributed by atoms with Crippen molar-refractivity contribution < 1.29 is 8.42 Å². The van der Waals surface area contributed by atoms with Crippen LogP contribution in [-0.4, -0.2) is 23.6 Å². The third-order valence-electron chi connectivity index (χ3n) is 3.82. The third-order valence-corrected chi connectivity index (χ3v) is 5.22. The van der Waals surface area contributed by atoms with E-state index in [1.54, 1.807) is 36.7 Å². The zero-order valence-corrected chi connectivity index (χ0v) is 13.6. The Bertz CT molecular complexity index is 1170. The van der Waals surface area contributed by atoms with Gasteiger partial charge in [0.15, 0.2) is 0 Å². The minimum atomic E-state index is -3.78. The molecular formula is C17H14N4O2S. The molecule has 2 heterocycles. The summed E-state index contributed by atoms with van der Waals surface area (Å²) >= 11 is 0. The second kappa shape index (κ2) is 5.31. The number of nitrogens with one attached hydrogen (secondary N) is 2. The van der Waals surface area contributed by atoms with Crippen LogP contribution >= 0.6 is 0 Å². The van der Waals surface area contributed by atoms with Crippen LogP contribution in [0, 0.1) is 6.92 Å². The molecular weight excluding hydrogens is 324 g/mol. The van der Waals surface area contributed by atoms with Gasteiger partial charge in [0.25, 0.3) is 10.0 Å². The van der Waals surface area contributed by atoms with Gasteiger partial charge in [0.05, 0.1) is 22.9 Å². The highest BCUT2D eigenvalue weighted by molar-refractivity contribution is 7.93. The largest absolute Gasteiger partial charge is 0.277 e. The van der Waals surface area contributed by atoms with E-state index < -0.39 is 10.0 Å². The summed E-state index contributed by atoms with van der Waals surface area (Å²) < 4.78 is 28.4. The van der Waals surface area contributed by atoms with Crippen LogP contribution in [0.15, 0.2) is 59.8 Å². The van der Waals surface area contributed by atoms with Gasteiger partial charge in [-0.2, -0.15) is 5.10 Å². The number of nitrogens with zero attached hydrogens (tertiary/aromatic N) is 2. The number of hydrogen-bond acceptors (Lipinski definition) is 4. The molecule has 0 atom stereocenters. The predicted molar refractivity (Wildman–Crippen MR) is 93.4 cm³/mol. The fourth-order valence-corrected chi connectivity index (χ4v) is 3.97. The van der Waals surface area contributed by atoms with Crippen molar-refractivity contribution in [1.29, 1.82) is 0 Å². The molecule has 4 rings (SSSR count). The van der Waals surface area contributed by atoms with Crippen molar-refractivity contribution in [1.82, 2.24) is 15.2 Å². The van der Waals surface area contributed by atoms with E-state index in [1.165, 1.54) is 0 Å². The number of aromatic nitrogens is 3. The van der Waals surface area contributed by atoms with Gasteiger partial charge in [-0.3, -0.25) is 14.8 Å². The molecule has 0 saturated carbocycles. The van der Waals surface area contributed by atoms with Gasteiger partial charge >= 0.3 is 0 Å². The van der Waals surface area contributed by atoms with E-state index in [0.29, 0.717) is 16.7 Å². The first-order valence-electron chi connectivity index (χ1n) is 7.35. The van der Waals surface area contributed by atoms with Crippen molar-refractivity contribution in [3.63, 3.8) is 0 Å². The number of rotatable bonds is 3. The number of sulfonamides is 1. The van der Waals surface area contributed by atoms with Crippen molar-refractivity contribution in [2.24, 2.45) is 0 Å². The maximum atomic E-state index is 12.9. The molecule has 6 nitrogen and oxygen atoms in total. The number of aryl methyl sites for hydroxylation is 1. The van der Waals surface area contributed by atoms with Gasteiger partial charge in [-0.15, -0.1) is 0 Å². The summed E-state index contributed by atoms with van der Waals surface area (Å²) in [6, 6.07) is 12.4. The smallest absolute Gasteiger partial charge is 0.264 e. The minimum Gasteiger partial charge on any atom is -0.277 e. The maximum Gasteiger partial charge on any atom is 0.264 e. The molecule has 2 N–H and O–H groups in total. The lowest BCUT2D eigenvalue weighted by atomic mass is 10.2.